The van der Waals surface area contributed by atoms with Gasteiger partial charge in [-0.05, 0) is 60.4 Å². The predicted octanol–water partition coefficient (Wildman–Crippen LogP) is 3.82. The highest BCUT2D eigenvalue weighted by atomic mass is 35.5. The zero-order valence-corrected chi connectivity index (χ0v) is 12.2. The van der Waals surface area contributed by atoms with Crippen LogP contribution < -0.4 is 10.1 Å². The topological polar surface area (TPSA) is 45.0 Å². The summed E-state index contributed by atoms with van der Waals surface area (Å²) >= 11 is 6.03. The van der Waals surface area contributed by atoms with E-state index in [1.54, 1.807) is 0 Å². The Kier molecular flexibility index (Phi) is 3.98. The quantitative estimate of drug-likeness (QED) is 0.933. The molecule has 0 radical (unpaired) electrons. The summed E-state index contributed by atoms with van der Waals surface area (Å²) in [5.74, 6) is 0.712. The van der Waals surface area contributed by atoms with Crippen molar-refractivity contribution in [3.63, 3.8) is 0 Å². The number of hydrogen-bond donors (Lipinski definition) is 1. The third-order valence-corrected chi connectivity index (χ3v) is 3.86. The Labute approximate surface area is 129 Å². The highest BCUT2D eigenvalue weighted by Crippen LogP contribution is 2.27. The molecule has 0 saturated heterocycles. The third-order valence-electron chi connectivity index (χ3n) is 3.63. The number of rotatable bonds is 4. The number of nitriles is 1. The van der Waals surface area contributed by atoms with Crippen molar-refractivity contribution in [2.75, 3.05) is 11.9 Å². The number of hydrogen-bond acceptors (Lipinski definition) is 3. The van der Waals surface area contributed by atoms with Gasteiger partial charge in [-0.1, -0.05) is 17.7 Å². The number of nitrogens with zero attached hydrogens (tertiary/aromatic N) is 1. The average molecular weight is 299 g/mol. The lowest BCUT2D eigenvalue weighted by atomic mass is 10.1. The van der Waals surface area contributed by atoms with Crippen LogP contribution in [0.2, 0.25) is 5.02 Å². The van der Waals surface area contributed by atoms with Gasteiger partial charge in [0.1, 0.15) is 11.8 Å². The molecule has 4 heteroatoms. The van der Waals surface area contributed by atoms with Crippen molar-refractivity contribution in [1.29, 1.82) is 5.26 Å². The molecular formula is C17H15ClN2O. The monoisotopic (exact) mass is 298 g/mol. The smallest absolute Gasteiger partial charge is 0.174 e. The predicted molar refractivity (Wildman–Crippen MR) is 83.8 cm³/mol. The van der Waals surface area contributed by atoms with Gasteiger partial charge in [0.05, 0.1) is 0 Å². The van der Waals surface area contributed by atoms with Crippen LogP contribution in [0.1, 0.15) is 11.1 Å². The van der Waals surface area contributed by atoms with Gasteiger partial charge in [-0.2, -0.15) is 5.26 Å². The fraction of sp³-hybridized carbons (Fsp3) is 0.235. The summed E-state index contributed by atoms with van der Waals surface area (Å²) in [7, 11) is 0. The van der Waals surface area contributed by atoms with Crippen LogP contribution in [0.4, 0.5) is 5.69 Å². The lowest BCUT2D eigenvalue weighted by molar-refractivity contribution is 0.368. The van der Waals surface area contributed by atoms with E-state index in [1.165, 1.54) is 11.1 Å². The van der Waals surface area contributed by atoms with E-state index < -0.39 is 0 Å². The van der Waals surface area contributed by atoms with E-state index in [9.17, 15) is 0 Å². The molecule has 0 saturated carbocycles. The van der Waals surface area contributed by atoms with E-state index in [0.717, 1.165) is 23.6 Å². The SMILES string of the molecule is N#CCOc1ccc(NC2Cc3ccc(Cl)cc3C2)cc1. The Morgan fingerprint density at radius 2 is 1.90 bits per heavy atom. The molecule has 0 spiro atoms. The van der Waals surface area contributed by atoms with Crippen LogP contribution in [0.15, 0.2) is 42.5 Å². The first kappa shape index (κ1) is 13.8. The van der Waals surface area contributed by atoms with Crippen molar-refractivity contribution in [2.45, 2.75) is 18.9 Å². The number of benzene rings is 2. The molecule has 0 bridgehead atoms. The summed E-state index contributed by atoms with van der Waals surface area (Å²) in [6.45, 7) is 0.0749. The molecule has 1 N–H and O–H groups in total. The first-order chi connectivity index (χ1) is 10.2. The van der Waals surface area contributed by atoms with E-state index in [0.29, 0.717) is 11.8 Å². The van der Waals surface area contributed by atoms with E-state index in [4.69, 9.17) is 21.6 Å². The number of halogens is 1. The van der Waals surface area contributed by atoms with Gasteiger partial charge in [-0.25, -0.2) is 0 Å². The van der Waals surface area contributed by atoms with Gasteiger partial charge < -0.3 is 10.1 Å². The van der Waals surface area contributed by atoms with Crippen LogP contribution in [0, 0.1) is 11.3 Å². The minimum Gasteiger partial charge on any atom is -0.479 e. The molecule has 1 atom stereocenters. The van der Waals surface area contributed by atoms with Gasteiger partial charge in [0.2, 0.25) is 0 Å². The normalized spacial score (nSPS) is 16.1. The Bertz CT molecular complexity index is 676. The first-order valence-corrected chi connectivity index (χ1v) is 7.26. The number of ether oxygens (including phenoxy) is 1. The Morgan fingerprint density at radius 1 is 1.14 bits per heavy atom. The van der Waals surface area contributed by atoms with Crippen LogP contribution in [0.25, 0.3) is 0 Å². The fourth-order valence-corrected chi connectivity index (χ4v) is 2.88. The van der Waals surface area contributed by atoms with Gasteiger partial charge in [0, 0.05) is 16.8 Å². The van der Waals surface area contributed by atoms with E-state index in [-0.39, 0.29) is 6.61 Å². The standard InChI is InChI=1S/C17H15ClN2O/c18-14-2-1-12-10-16(11-13(12)9-14)20-15-3-5-17(6-4-15)21-8-7-19/h1-6,9,16,20H,8,10-11H2. The first-order valence-electron chi connectivity index (χ1n) is 6.88. The van der Waals surface area contributed by atoms with Crippen molar-refractivity contribution in [3.05, 3.63) is 58.6 Å². The van der Waals surface area contributed by atoms with E-state index in [1.807, 2.05) is 36.4 Å². The minimum atomic E-state index is 0.0749. The van der Waals surface area contributed by atoms with Gasteiger partial charge >= 0.3 is 0 Å². The minimum absolute atomic E-state index is 0.0749. The highest BCUT2D eigenvalue weighted by Gasteiger charge is 2.21. The van der Waals surface area contributed by atoms with Gasteiger partial charge in [0.15, 0.2) is 6.61 Å². The molecule has 2 aromatic rings. The zero-order chi connectivity index (χ0) is 14.7. The fourth-order valence-electron chi connectivity index (χ4n) is 2.69. The number of anilines is 1. The molecule has 2 aromatic carbocycles. The molecule has 1 aliphatic rings. The maximum Gasteiger partial charge on any atom is 0.174 e. The average Bonchev–Trinajstić information content (AvgIpc) is 2.88. The lowest BCUT2D eigenvalue weighted by Gasteiger charge is -2.14. The second-order valence-corrected chi connectivity index (χ2v) is 5.57. The Hall–Kier alpha value is -2.18. The largest absolute Gasteiger partial charge is 0.479 e. The van der Waals surface area contributed by atoms with Crippen molar-refractivity contribution in [3.8, 4) is 11.8 Å². The van der Waals surface area contributed by atoms with Crippen molar-refractivity contribution >= 4 is 17.3 Å². The summed E-state index contributed by atoms with van der Waals surface area (Å²) in [6, 6.07) is 16.2. The molecule has 3 nitrogen and oxygen atoms in total. The van der Waals surface area contributed by atoms with Gasteiger partial charge in [-0.3, -0.25) is 0 Å². The molecule has 0 aliphatic heterocycles. The van der Waals surface area contributed by atoms with Crippen LogP contribution in [-0.4, -0.2) is 12.6 Å². The summed E-state index contributed by atoms with van der Waals surface area (Å²) in [4.78, 5) is 0. The highest BCUT2D eigenvalue weighted by molar-refractivity contribution is 6.30. The van der Waals surface area contributed by atoms with Crippen LogP contribution in [0.3, 0.4) is 0 Å². The second-order valence-electron chi connectivity index (χ2n) is 5.13. The number of fused-ring (bicyclic) bond motifs is 1. The molecule has 106 valence electrons. The molecule has 1 aliphatic carbocycles. The Balaban J connectivity index is 1.62. The summed E-state index contributed by atoms with van der Waals surface area (Å²) in [6.07, 6.45) is 2.00. The summed E-state index contributed by atoms with van der Waals surface area (Å²) < 4.78 is 5.24. The molecule has 3 rings (SSSR count). The Morgan fingerprint density at radius 3 is 2.67 bits per heavy atom. The van der Waals surface area contributed by atoms with Crippen molar-refractivity contribution in [1.82, 2.24) is 0 Å². The van der Waals surface area contributed by atoms with Gasteiger partial charge in [-0.15, -0.1) is 0 Å². The molecule has 0 amide bonds. The second kappa shape index (κ2) is 6.07. The van der Waals surface area contributed by atoms with Crippen molar-refractivity contribution in [2.24, 2.45) is 0 Å². The molecule has 21 heavy (non-hydrogen) atoms. The molecule has 1 unspecified atom stereocenters. The third kappa shape index (κ3) is 3.29. The zero-order valence-electron chi connectivity index (χ0n) is 11.5. The maximum atomic E-state index is 8.48. The van der Waals surface area contributed by atoms with Gasteiger partial charge in [0.25, 0.3) is 0 Å². The van der Waals surface area contributed by atoms with E-state index >= 15 is 0 Å². The summed E-state index contributed by atoms with van der Waals surface area (Å²) in [5, 5.41) is 12.8. The van der Waals surface area contributed by atoms with Crippen LogP contribution >= 0.6 is 11.6 Å². The molecule has 0 aromatic heterocycles. The van der Waals surface area contributed by atoms with Crippen LogP contribution in [0.5, 0.6) is 5.75 Å². The lowest BCUT2D eigenvalue weighted by Crippen LogP contribution is -2.19. The molecular weight excluding hydrogens is 284 g/mol. The molecule has 0 heterocycles. The molecule has 0 fully saturated rings. The van der Waals surface area contributed by atoms with Crippen LogP contribution in [-0.2, 0) is 12.8 Å². The summed E-state index contributed by atoms with van der Waals surface area (Å²) in [5.41, 5.74) is 3.75. The van der Waals surface area contributed by atoms with E-state index in [2.05, 4.69) is 17.4 Å². The maximum absolute atomic E-state index is 8.48. The van der Waals surface area contributed by atoms with Crippen molar-refractivity contribution < 1.29 is 4.74 Å². The number of nitrogens with one attached hydrogen (secondary N) is 1.